The Labute approximate surface area is 106 Å². The van der Waals surface area contributed by atoms with Crippen LogP contribution in [0.2, 0.25) is 0 Å². The maximum absolute atomic E-state index is 11.6. The van der Waals surface area contributed by atoms with Crippen molar-refractivity contribution in [2.24, 2.45) is 0 Å². The molecular formula is C12H19N3O3. The number of amides is 3. The van der Waals surface area contributed by atoms with Crippen LogP contribution in [-0.4, -0.2) is 66.7 Å². The molecule has 2 atom stereocenters. The molecule has 3 heterocycles. The number of nitrogens with one attached hydrogen (secondary N) is 1. The topological polar surface area (TPSA) is 61.9 Å². The van der Waals surface area contributed by atoms with Crippen LogP contribution in [0.3, 0.4) is 0 Å². The number of morpholine rings is 1. The zero-order valence-corrected chi connectivity index (χ0v) is 10.4. The molecule has 0 aromatic rings. The molecule has 0 radical (unpaired) electrons. The van der Waals surface area contributed by atoms with Crippen molar-refractivity contribution in [1.82, 2.24) is 15.1 Å². The van der Waals surface area contributed by atoms with Gasteiger partial charge in [0.25, 0.3) is 0 Å². The maximum Gasteiger partial charge on any atom is 0.324 e. The molecule has 3 rings (SSSR count). The Morgan fingerprint density at radius 2 is 2.22 bits per heavy atom. The van der Waals surface area contributed by atoms with Crippen molar-refractivity contribution < 1.29 is 14.3 Å². The molecule has 0 bridgehead atoms. The first-order valence-corrected chi connectivity index (χ1v) is 6.67. The lowest BCUT2D eigenvalue weighted by atomic mass is 10.1. The number of urea groups is 1. The molecule has 3 aliphatic rings. The van der Waals surface area contributed by atoms with E-state index in [-0.39, 0.29) is 18.0 Å². The molecule has 0 aromatic carbocycles. The van der Waals surface area contributed by atoms with Gasteiger partial charge in [-0.1, -0.05) is 0 Å². The number of fused-ring (bicyclic) bond motifs is 1. The molecule has 3 aliphatic heterocycles. The van der Waals surface area contributed by atoms with Gasteiger partial charge >= 0.3 is 6.03 Å². The number of rotatable bonds is 2. The van der Waals surface area contributed by atoms with E-state index in [0.717, 1.165) is 19.7 Å². The van der Waals surface area contributed by atoms with Crippen LogP contribution < -0.4 is 5.32 Å². The fourth-order valence-electron chi connectivity index (χ4n) is 3.01. The summed E-state index contributed by atoms with van der Waals surface area (Å²) in [6.07, 6.45) is 2.95. The van der Waals surface area contributed by atoms with Gasteiger partial charge in [0, 0.05) is 32.1 Å². The van der Waals surface area contributed by atoms with Crippen LogP contribution in [0.5, 0.6) is 0 Å². The second-order valence-electron chi connectivity index (χ2n) is 5.30. The summed E-state index contributed by atoms with van der Waals surface area (Å²) in [6.45, 7) is 3.92. The Balaban J connectivity index is 1.53. The van der Waals surface area contributed by atoms with Crippen molar-refractivity contribution >= 4 is 11.9 Å². The average molecular weight is 253 g/mol. The van der Waals surface area contributed by atoms with Gasteiger partial charge in [0.2, 0.25) is 5.91 Å². The monoisotopic (exact) mass is 253 g/mol. The summed E-state index contributed by atoms with van der Waals surface area (Å²) in [7, 11) is 0. The summed E-state index contributed by atoms with van der Waals surface area (Å²) in [5.41, 5.74) is 0. The van der Waals surface area contributed by atoms with E-state index in [1.54, 1.807) is 4.90 Å². The van der Waals surface area contributed by atoms with Crippen molar-refractivity contribution in [3.63, 3.8) is 0 Å². The lowest BCUT2D eigenvalue weighted by Gasteiger charge is -2.38. The largest absolute Gasteiger partial charge is 0.373 e. The molecule has 3 amide bonds. The van der Waals surface area contributed by atoms with Crippen molar-refractivity contribution in [1.29, 1.82) is 0 Å². The highest BCUT2D eigenvalue weighted by molar-refractivity contribution is 5.96. The summed E-state index contributed by atoms with van der Waals surface area (Å²) in [6, 6.07) is 0.302. The van der Waals surface area contributed by atoms with E-state index in [1.807, 2.05) is 0 Å². The second-order valence-corrected chi connectivity index (χ2v) is 5.30. The number of imide groups is 1. The SMILES string of the molecule is O=C1CCN(CC2CN3CCCC3CO2)C(=O)N1. The van der Waals surface area contributed by atoms with E-state index in [0.29, 0.717) is 25.6 Å². The lowest BCUT2D eigenvalue weighted by molar-refractivity contribution is -0.122. The molecule has 3 fully saturated rings. The van der Waals surface area contributed by atoms with Crippen molar-refractivity contribution in [2.75, 3.05) is 32.8 Å². The number of hydrogen-bond acceptors (Lipinski definition) is 4. The minimum atomic E-state index is -0.279. The van der Waals surface area contributed by atoms with Crippen LogP contribution in [0.15, 0.2) is 0 Å². The Morgan fingerprint density at radius 1 is 1.33 bits per heavy atom. The van der Waals surface area contributed by atoms with Crippen LogP contribution in [0.25, 0.3) is 0 Å². The molecular weight excluding hydrogens is 234 g/mol. The highest BCUT2D eigenvalue weighted by Crippen LogP contribution is 2.23. The number of hydrogen-bond donors (Lipinski definition) is 1. The predicted molar refractivity (Wildman–Crippen MR) is 64.1 cm³/mol. The van der Waals surface area contributed by atoms with Gasteiger partial charge in [-0.05, 0) is 19.4 Å². The van der Waals surface area contributed by atoms with Crippen LogP contribution in [0.4, 0.5) is 4.79 Å². The van der Waals surface area contributed by atoms with Crippen LogP contribution in [-0.2, 0) is 9.53 Å². The molecule has 100 valence electrons. The third kappa shape index (κ3) is 2.35. The Morgan fingerprint density at radius 3 is 3.06 bits per heavy atom. The van der Waals surface area contributed by atoms with Gasteiger partial charge in [-0.15, -0.1) is 0 Å². The zero-order valence-electron chi connectivity index (χ0n) is 10.4. The fourth-order valence-corrected chi connectivity index (χ4v) is 3.01. The molecule has 0 aliphatic carbocycles. The molecule has 6 nitrogen and oxygen atoms in total. The Hall–Kier alpha value is -1.14. The van der Waals surface area contributed by atoms with Crippen molar-refractivity contribution in [3.05, 3.63) is 0 Å². The van der Waals surface area contributed by atoms with E-state index >= 15 is 0 Å². The molecule has 0 spiro atoms. The van der Waals surface area contributed by atoms with Gasteiger partial charge in [0.1, 0.15) is 0 Å². The molecule has 0 saturated carbocycles. The smallest absolute Gasteiger partial charge is 0.324 e. The van der Waals surface area contributed by atoms with Crippen molar-refractivity contribution in [3.8, 4) is 0 Å². The molecule has 0 aromatic heterocycles. The summed E-state index contributed by atoms with van der Waals surface area (Å²) >= 11 is 0. The van der Waals surface area contributed by atoms with Gasteiger partial charge in [-0.25, -0.2) is 4.79 Å². The number of ether oxygens (including phenoxy) is 1. The van der Waals surface area contributed by atoms with Crippen LogP contribution >= 0.6 is 0 Å². The molecule has 2 unspecified atom stereocenters. The first-order chi connectivity index (χ1) is 8.72. The van der Waals surface area contributed by atoms with E-state index in [2.05, 4.69) is 10.2 Å². The van der Waals surface area contributed by atoms with Gasteiger partial charge < -0.3 is 9.64 Å². The molecule has 18 heavy (non-hydrogen) atoms. The minimum absolute atomic E-state index is 0.0818. The first-order valence-electron chi connectivity index (χ1n) is 6.67. The van der Waals surface area contributed by atoms with Gasteiger partial charge in [0.05, 0.1) is 12.7 Å². The molecule has 6 heteroatoms. The Kier molecular flexibility index (Phi) is 3.22. The van der Waals surface area contributed by atoms with E-state index < -0.39 is 0 Å². The fraction of sp³-hybridized carbons (Fsp3) is 0.833. The van der Waals surface area contributed by atoms with Gasteiger partial charge in [0.15, 0.2) is 0 Å². The maximum atomic E-state index is 11.6. The van der Waals surface area contributed by atoms with Crippen molar-refractivity contribution in [2.45, 2.75) is 31.4 Å². The highest BCUT2D eigenvalue weighted by Gasteiger charge is 2.34. The molecule has 1 N–H and O–H groups in total. The van der Waals surface area contributed by atoms with E-state index in [1.165, 1.54) is 12.8 Å². The van der Waals surface area contributed by atoms with E-state index in [4.69, 9.17) is 4.74 Å². The van der Waals surface area contributed by atoms with Gasteiger partial charge in [-0.2, -0.15) is 0 Å². The average Bonchev–Trinajstić information content (AvgIpc) is 2.80. The first kappa shape index (κ1) is 11.9. The second kappa shape index (κ2) is 4.85. The minimum Gasteiger partial charge on any atom is -0.373 e. The highest BCUT2D eigenvalue weighted by atomic mass is 16.5. The van der Waals surface area contributed by atoms with Crippen LogP contribution in [0, 0.1) is 0 Å². The van der Waals surface area contributed by atoms with Gasteiger partial charge in [-0.3, -0.25) is 15.0 Å². The van der Waals surface area contributed by atoms with E-state index in [9.17, 15) is 9.59 Å². The summed E-state index contributed by atoms with van der Waals surface area (Å²) in [4.78, 5) is 26.8. The van der Waals surface area contributed by atoms with Crippen LogP contribution in [0.1, 0.15) is 19.3 Å². The Bertz CT molecular complexity index is 360. The number of carbonyl (C=O) groups is 2. The zero-order chi connectivity index (χ0) is 12.5. The lowest BCUT2D eigenvalue weighted by Crippen LogP contribution is -2.55. The summed E-state index contributed by atoms with van der Waals surface area (Å²) < 4.78 is 5.82. The summed E-state index contributed by atoms with van der Waals surface area (Å²) in [5, 5.41) is 2.34. The third-order valence-electron chi connectivity index (χ3n) is 4.03. The predicted octanol–water partition coefficient (Wildman–Crippen LogP) is -0.208. The third-order valence-corrected chi connectivity index (χ3v) is 4.03. The standard InChI is InChI=1S/C12H19N3O3/c16-11-3-5-15(12(17)13-11)7-10-6-14-4-1-2-9(14)8-18-10/h9-10H,1-8H2,(H,13,16,17). The quantitative estimate of drug-likeness (QED) is 0.740. The molecule has 3 saturated heterocycles. The number of carbonyl (C=O) groups excluding carboxylic acids is 2. The summed E-state index contributed by atoms with van der Waals surface area (Å²) in [5.74, 6) is -0.180. The number of nitrogens with zero attached hydrogens (tertiary/aromatic N) is 2. The normalized spacial score (nSPS) is 33.4.